The second kappa shape index (κ2) is 9.55. The molecule has 0 atom stereocenters. The first kappa shape index (κ1) is 19.5. The van der Waals surface area contributed by atoms with Crippen LogP contribution in [0.4, 0.5) is 0 Å². The van der Waals surface area contributed by atoms with Gasteiger partial charge in [0.05, 0.1) is 18.1 Å². The highest BCUT2D eigenvalue weighted by atomic mass is 79.9. The number of esters is 1. The minimum Gasteiger partial charge on any atom is -0.468 e. The Bertz CT molecular complexity index is 691. The number of nitrogens with one attached hydrogen (secondary N) is 1. The van der Waals surface area contributed by atoms with Crippen LogP contribution in [0.15, 0.2) is 24.3 Å². The molecule has 0 saturated carbocycles. The molecule has 2 aromatic rings. The summed E-state index contributed by atoms with van der Waals surface area (Å²) in [7, 11) is 1.37. The van der Waals surface area contributed by atoms with Crippen molar-refractivity contribution in [2.24, 2.45) is 0 Å². The summed E-state index contributed by atoms with van der Waals surface area (Å²) in [6.07, 6.45) is 5.97. The van der Waals surface area contributed by atoms with E-state index in [-0.39, 0.29) is 29.5 Å². The van der Waals surface area contributed by atoms with Crippen molar-refractivity contribution < 1.29 is 9.53 Å². The number of imidazole rings is 1. The number of benzene rings is 1. The van der Waals surface area contributed by atoms with Crippen molar-refractivity contribution in [1.82, 2.24) is 9.13 Å². The molecule has 23 heavy (non-hydrogen) atoms. The molecule has 0 spiro atoms. The first-order valence-corrected chi connectivity index (χ1v) is 7.98. The highest BCUT2D eigenvalue weighted by molar-refractivity contribution is 8.93. The van der Waals surface area contributed by atoms with Crippen LogP contribution < -0.4 is 5.62 Å². The maximum Gasteiger partial charge on any atom is 0.325 e. The smallest absolute Gasteiger partial charge is 0.325 e. The summed E-state index contributed by atoms with van der Waals surface area (Å²) in [4.78, 5) is 11.6. The molecule has 0 aliphatic rings. The average molecular weight is 384 g/mol. The topological polar surface area (TPSA) is 60.0 Å². The second-order valence-electron chi connectivity index (χ2n) is 5.54. The van der Waals surface area contributed by atoms with E-state index in [0.29, 0.717) is 5.62 Å². The van der Waals surface area contributed by atoms with E-state index in [1.807, 2.05) is 28.8 Å². The Morgan fingerprint density at radius 1 is 1.09 bits per heavy atom. The van der Waals surface area contributed by atoms with E-state index in [2.05, 4.69) is 6.92 Å². The van der Waals surface area contributed by atoms with Gasteiger partial charge < -0.3 is 9.30 Å². The lowest BCUT2D eigenvalue weighted by atomic mass is 10.1. The van der Waals surface area contributed by atoms with Gasteiger partial charge >= 0.3 is 5.97 Å². The number of methoxy groups -OCH3 is 1. The Labute approximate surface area is 147 Å². The van der Waals surface area contributed by atoms with Crippen molar-refractivity contribution >= 4 is 34.0 Å². The number of carbonyl (C=O) groups is 1. The van der Waals surface area contributed by atoms with Gasteiger partial charge in [-0.05, 0) is 18.6 Å². The van der Waals surface area contributed by atoms with Crippen LogP contribution in [0.25, 0.3) is 11.0 Å². The lowest BCUT2D eigenvalue weighted by molar-refractivity contribution is -0.141. The number of unbranched alkanes of at least 4 members (excludes halogenated alkanes) is 4. The molecule has 1 heterocycles. The zero-order valence-electron chi connectivity index (χ0n) is 13.9. The zero-order valence-corrected chi connectivity index (χ0v) is 15.6. The highest BCUT2D eigenvalue weighted by Crippen LogP contribution is 2.14. The SMILES string of the molecule is Br.CCCCCCCn1c(=N)n(CC(=O)OC)c2ccccc21. The number of fused-ring (bicyclic) bond motifs is 1. The third-order valence-electron chi connectivity index (χ3n) is 3.97. The molecule has 0 unspecified atom stereocenters. The van der Waals surface area contributed by atoms with E-state index in [0.717, 1.165) is 24.0 Å². The quantitative estimate of drug-likeness (QED) is 0.558. The molecule has 128 valence electrons. The van der Waals surface area contributed by atoms with Crippen LogP contribution in [0.5, 0.6) is 0 Å². The number of carbonyl (C=O) groups excluding carboxylic acids is 1. The third kappa shape index (κ3) is 4.70. The van der Waals surface area contributed by atoms with Crippen molar-refractivity contribution in [3.05, 3.63) is 29.9 Å². The van der Waals surface area contributed by atoms with Gasteiger partial charge in [-0.3, -0.25) is 14.8 Å². The van der Waals surface area contributed by atoms with Crippen LogP contribution in [0.3, 0.4) is 0 Å². The van der Waals surface area contributed by atoms with Gasteiger partial charge in [-0.15, -0.1) is 17.0 Å². The Kier molecular flexibility index (Phi) is 8.09. The highest BCUT2D eigenvalue weighted by Gasteiger charge is 2.13. The van der Waals surface area contributed by atoms with Crippen molar-refractivity contribution in [3.8, 4) is 0 Å². The summed E-state index contributed by atoms with van der Waals surface area (Å²) in [6.45, 7) is 3.10. The molecule has 0 aliphatic heterocycles. The number of ether oxygens (including phenoxy) is 1. The van der Waals surface area contributed by atoms with Gasteiger partial charge in [0.15, 0.2) is 0 Å². The lowest BCUT2D eigenvalue weighted by Crippen LogP contribution is -2.27. The maximum atomic E-state index is 11.6. The van der Waals surface area contributed by atoms with Gasteiger partial charge in [0.2, 0.25) is 5.62 Å². The summed E-state index contributed by atoms with van der Waals surface area (Å²) < 4.78 is 8.45. The van der Waals surface area contributed by atoms with Crippen LogP contribution in [-0.4, -0.2) is 22.2 Å². The molecule has 6 heteroatoms. The summed E-state index contributed by atoms with van der Waals surface area (Å²) in [5.74, 6) is -0.329. The van der Waals surface area contributed by atoms with Crippen molar-refractivity contribution in [3.63, 3.8) is 0 Å². The summed E-state index contributed by atoms with van der Waals surface area (Å²) >= 11 is 0. The number of hydrogen-bond acceptors (Lipinski definition) is 3. The molecule has 0 bridgehead atoms. The maximum absolute atomic E-state index is 11.6. The summed E-state index contributed by atoms with van der Waals surface area (Å²) in [6, 6.07) is 7.86. The molecule has 1 N–H and O–H groups in total. The predicted octanol–water partition coefficient (Wildman–Crippen LogP) is 3.64. The molecular formula is C17H26BrN3O2. The summed E-state index contributed by atoms with van der Waals surface area (Å²) in [5.41, 5.74) is 2.28. The Morgan fingerprint density at radius 2 is 1.70 bits per heavy atom. The van der Waals surface area contributed by atoms with Gasteiger partial charge in [-0.1, -0.05) is 44.7 Å². The number of halogens is 1. The molecule has 0 radical (unpaired) electrons. The Balaban J connectivity index is 0.00000264. The van der Waals surface area contributed by atoms with E-state index in [1.54, 1.807) is 4.57 Å². The largest absolute Gasteiger partial charge is 0.468 e. The number of aromatic nitrogens is 2. The zero-order chi connectivity index (χ0) is 15.9. The fourth-order valence-corrected chi connectivity index (χ4v) is 2.75. The Morgan fingerprint density at radius 3 is 2.30 bits per heavy atom. The molecular weight excluding hydrogens is 358 g/mol. The molecule has 0 fully saturated rings. The lowest BCUT2D eigenvalue weighted by Gasteiger charge is -2.04. The van der Waals surface area contributed by atoms with Crippen molar-refractivity contribution in [1.29, 1.82) is 5.41 Å². The predicted molar refractivity (Wildman–Crippen MR) is 96.9 cm³/mol. The average Bonchev–Trinajstić information content (AvgIpc) is 2.80. The summed E-state index contributed by atoms with van der Waals surface area (Å²) in [5, 5.41) is 8.38. The minimum atomic E-state index is -0.329. The molecule has 0 amide bonds. The number of rotatable bonds is 8. The fraction of sp³-hybridized carbons (Fsp3) is 0.529. The van der Waals surface area contributed by atoms with E-state index in [4.69, 9.17) is 10.1 Å². The van der Waals surface area contributed by atoms with Gasteiger partial charge in [-0.2, -0.15) is 0 Å². The number of nitrogens with zero attached hydrogens (tertiary/aromatic N) is 2. The molecule has 1 aromatic heterocycles. The van der Waals surface area contributed by atoms with Crippen LogP contribution >= 0.6 is 17.0 Å². The first-order chi connectivity index (χ1) is 10.7. The molecule has 0 saturated heterocycles. The molecule has 0 aliphatic carbocycles. The molecule has 1 aromatic carbocycles. The van der Waals surface area contributed by atoms with Crippen molar-refractivity contribution in [2.45, 2.75) is 52.1 Å². The van der Waals surface area contributed by atoms with Gasteiger partial charge in [0.25, 0.3) is 0 Å². The normalized spacial score (nSPS) is 10.5. The van der Waals surface area contributed by atoms with Gasteiger partial charge in [0.1, 0.15) is 6.54 Å². The van der Waals surface area contributed by atoms with Crippen LogP contribution in [0.1, 0.15) is 39.0 Å². The van der Waals surface area contributed by atoms with E-state index < -0.39 is 0 Å². The minimum absolute atomic E-state index is 0. The van der Waals surface area contributed by atoms with Crippen LogP contribution in [0, 0.1) is 5.41 Å². The Hall–Kier alpha value is -1.56. The van der Waals surface area contributed by atoms with Crippen LogP contribution in [-0.2, 0) is 22.6 Å². The fourth-order valence-electron chi connectivity index (χ4n) is 2.75. The molecule has 2 rings (SSSR count). The third-order valence-corrected chi connectivity index (χ3v) is 3.97. The van der Waals surface area contributed by atoms with Gasteiger partial charge in [-0.25, -0.2) is 0 Å². The standard InChI is InChI=1S/C17H25N3O2.BrH/c1-3-4-5-6-9-12-19-14-10-7-8-11-15(14)20(17(19)18)13-16(21)22-2;/h7-8,10-11,18H,3-6,9,12-13H2,1-2H3;1H. The van der Waals surface area contributed by atoms with Crippen molar-refractivity contribution in [2.75, 3.05) is 7.11 Å². The van der Waals surface area contributed by atoms with Crippen LogP contribution in [0.2, 0.25) is 0 Å². The van der Waals surface area contributed by atoms with E-state index in [1.165, 1.54) is 32.8 Å². The number of aryl methyl sites for hydroxylation is 1. The number of para-hydroxylation sites is 2. The molecule has 5 nitrogen and oxygen atoms in total. The second-order valence-corrected chi connectivity index (χ2v) is 5.54. The number of hydrogen-bond donors (Lipinski definition) is 1. The van der Waals surface area contributed by atoms with Gasteiger partial charge in [0, 0.05) is 6.54 Å². The first-order valence-electron chi connectivity index (χ1n) is 7.98. The monoisotopic (exact) mass is 383 g/mol. The van der Waals surface area contributed by atoms with E-state index >= 15 is 0 Å². The van der Waals surface area contributed by atoms with E-state index in [9.17, 15) is 4.79 Å².